The fourth-order valence-electron chi connectivity index (χ4n) is 1.62. The molecular formula is C12H22N4O. The van der Waals surface area contributed by atoms with Crippen molar-refractivity contribution < 1.29 is 5.11 Å². The second-order valence-corrected chi connectivity index (χ2v) is 4.14. The van der Waals surface area contributed by atoms with Gasteiger partial charge in [-0.15, -0.1) is 0 Å². The van der Waals surface area contributed by atoms with Crippen LogP contribution in [0.15, 0.2) is 6.20 Å². The Bertz CT molecular complexity index is 343. The first-order valence-corrected chi connectivity index (χ1v) is 6.07. The molecule has 3 N–H and O–H groups in total. The SMILES string of the molecule is CCC(CCO)CNc1nc(NC)ncc1C. The highest BCUT2D eigenvalue weighted by molar-refractivity contribution is 5.46. The molecule has 0 fully saturated rings. The third-order valence-electron chi connectivity index (χ3n) is 2.87. The number of hydrogen-bond acceptors (Lipinski definition) is 5. The summed E-state index contributed by atoms with van der Waals surface area (Å²) in [6, 6.07) is 0. The van der Waals surface area contributed by atoms with Crippen LogP contribution < -0.4 is 10.6 Å². The summed E-state index contributed by atoms with van der Waals surface area (Å²) in [5.41, 5.74) is 1.03. The van der Waals surface area contributed by atoms with Gasteiger partial charge in [-0.3, -0.25) is 0 Å². The summed E-state index contributed by atoms with van der Waals surface area (Å²) in [6.07, 6.45) is 3.68. The van der Waals surface area contributed by atoms with E-state index in [4.69, 9.17) is 5.11 Å². The summed E-state index contributed by atoms with van der Waals surface area (Å²) < 4.78 is 0. The van der Waals surface area contributed by atoms with Crippen LogP contribution >= 0.6 is 0 Å². The molecule has 1 atom stereocenters. The minimum Gasteiger partial charge on any atom is -0.396 e. The highest BCUT2D eigenvalue weighted by atomic mass is 16.3. The van der Waals surface area contributed by atoms with Crippen LogP contribution in [0.2, 0.25) is 0 Å². The molecule has 1 rings (SSSR count). The number of aliphatic hydroxyl groups excluding tert-OH is 1. The Hall–Kier alpha value is -1.36. The van der Waals surface area contributed by atoms with Crippen molar-refractivity contribution in [2.75, 3.05) is 30.8 Å². The van der Waals surface area contributed by atoms with Crippen molar-refractivity contribution >= 4 is 11.8 Å². The first-order valence-electron chi connectivity index (χ1n) is 6.07. The molecule has 0 radical (unpaired) electrons. The van der Waals surface area contributed by atoms with Gasteiger partial charge in [0.1, 0.15) is 5.82 Å². The van der Waals surface area contributed by atoms with E-state index in [9.17, 15) is 0 Å². The lowest BCUT2D eigenvalue weighted by atomic mass is 10.0. The predicted molar refractivity (Wildman–Crippen MR) is 70.3 cm³/mol. The van der Waals surface area contributed by atoms with Gasteiger partial charge < -0.3 is 15.7 Å². The summed E-state index contributed by atoms with van der Waals surface area (Å²) in [5.74, 6) is 1.96. The van der Waals surface area contributed by atoms with Crippen molar-refractivity contribution in [1.82, 2.24) is 9.97 Å². The molecule has 17 heavy (non-hydrogen) atoms. The number of nitrogens with one attached hydrogen (secondary N) is 2. The van der Waals surface area contributed by atoms with E-state index < -0.39 is 0 Å². The normalized spacial score (nSPS) is 12.2. The Kier molecular flexibility index (Phi) is 5.69. The largest absolute Gasteiger partial charge is 0.396 e. The van der Waals surface area contributed by atoms with Crippen molar-refractivity contribution in [2.24, 2.45) is 5.92 Å². The minimum atomic E-state index is 0.241. The third-order valence-corrected chi connectivity index (χ3v) is 2.87. The van der Waals surface area contributed by atoms with Crippen molar-refractivity contribution in [3.63, 3.8) is 0 Å². The third kappa shape index (κ3) is 4.19. The van der Waals surface area contributed by atoms with Crippen LogP contribution in [-0.4, -0.2) is 35.3 Å². The second kappa shape index (κ2) is 7.06. The summed E-state index contributed by atoms with van der Waals surface area (Å²) in [6.45, 7) is 5.19. The van der Waals surface area contributed by atoms with E-state index in [1.54, 1.807) is 13.2 Å². The molecule has 0 saturated heterocycles. The van der Waals surface area contributed by atoms with Crippen LogP contribution in [0.4, 0.5) is 11.8 Å². The molecular weight excluding hydrogens is 216 g/mol. The molecule has 5 heteroatoms. The standard InChI is InChI=1S/C12H22N4O/c1-4-10(5-6-17)8-14-11-9(2)7-15-12(13-3)16-11/h7,10,17H,4-6,8H2,1-3H3,(H2,13,14,15,16). The number of hydrogen-bond donors (Lipinski definition) is 3. The average Bonchev–Trinajstić information content (AvgIpc) is 2.36. The molecule has 1 aromatic heterocycles. The van der Waals surface area contributed by atoms with Gasteiger partial charge in [0.05, 0.1) is 0 Å². The molecule has 0 aromatic carbocycles. The first kappa shape index (κ1) is 13.7. The van der Waals surface area contributed by atoms with Crippen LogP contribution in [0.5, 0.6) is 0 Å². The number of aromatic nitrogens is 2. The first-order chi connectivity index (χ1) is 8.21. The quantitative estimate of drug-likeness (QED) is 0.674. The van der Waals surface area contributed by atoms with Gasteiger partial charge >= 0.3 is 0 Å². The molecule has 0 saturated carbocycles. The van der Waals surface area contributed by atoms with E-state index in [1.165, 1.54) is 0 Å². The molecule has 0 bridgehead atoms. The maximum absolute atomic E-state index is 8.94. The lowest BCUT2D eigenvalue weighted by Gasteiger charge is -2.16. The van der Waals surface area contributed by atoms with Crippen LogP contribution in [-0.2, 0) is 0 Å². The van der Waals surface area contributed by atoms with E-state index in [0.29, 0.717) is 11.9 Å². The van der Waals surface area contributed by atoms with Crippen molar-refractivity contribution in [2.45, 2.75) is 26.7 Å². The number of anilines is 2. The summed E-state index contributed by atoms with van der Waals surface area (Å²) in [5, 5.41) is 15.2. The van der Waals surface area contributed by atoms with Crippen molar-refractivity contribution in [3.05, 3.63) is 11.8 Å². The zero-order valence-electron chi connectivity index (χ0n) is 10.8. The highest BCUT2D eigenvalue weighted by Crippen LogP contribution is 2.14. The predicted octanol–water partition coefficient (Wildman–Crippen LogP) is 1.65. The van der Waals surface area contributed by atoms with E-state index in [-0.39, 0.29) is 6.61 Å². The van der Waals surface area contributed by atoms with Gasteiger partial charge in [-0.05, 0) is 19.3 Å². The van der Waals surface area contributed by atoms with Crippen LogP contribution in [0, 0.1) is 12.8 Å². The molecule has 1 heterocycles. The fraction of sp³-hybridized carbons (Fsp3) is 0.667. The Morgan fingerprint density at radius 2 is 2.24 bits per heavy atom. The lowest BCUT2D eigenvalue weighted by molar-refractivity contribution is 0.258. The maximum Gasteiger partial charge on any atom is 0.224 e. The number of aliphatic hydroxyl groups is 1. The van der Waals surface area contributed by atoms with Gasteiger partial charge in [0.2, 0.25) is 5.95 Å². The molecule has 0 aliphatic heterocycles. The number of rotatable bonds is 7. The number of nitrogens with zero attached hydrogens (tertiary/aromatic N) is 2. The van der Waals surface area contributed by atoms with Gasteiger partial charge in [0.15, 0.2) is 0 Å². The molecule has 0 aliphatic rings. The van der Waals surface area contributed by atoms with Crippen molar-refractivity contribution in [1.29, 1.82) is 0 Å². The smallest absolute Gasteiger partial charge is 0.224 e. The highest BCUT2D eigenvalue weighted by Gasteiger charge is 2.07. The summed E-state index contributed by atoms with van der Waals surface area (Å²) >= 11 is 0. The number of aryl methyl sites for hydroxylation is 1. The molecule has 0 aliphatic carbocycles. The monoisotopic (exact) mass is 238 g/mol. The van der Waals surface area contributed by atoms with Crippen LogP contribution in [0.1, 0.15) is 25.3 Å². The van der Waals surface area contributed by atoms with Gasteiger partial charge in [-0.1, -0.05) is 13.3 Å². The van der Waals surface area contributed by atoms with Gasteiger partial charge in [0.25, 0.3) is 0 Å². The van der Waals surface area contributed by atoms with E-state index >= 15 is 0 Å². The summed E-state index contributed by atoms with van der Waals surface area (Å²) in [7, 11) is 1.80. The zero-order valence-corrected chi connectivity index (χ0v) is 10.8. The van der Waals surface area contributed by atoms with Gasteiger partial charge in [0, 0.05) is 32.0 Å². The maximum atomic E-state index is 8.94. The second-order valence-electron chi connectivity index (χ2n) is 4.14. The molecule has 0 amide bonds. The molecule has 1 aromatic rings. The minimum absolute atomic E-state index is 0.241. The van der Waals surface area contributed by atoms with Gasteiger partial charge in [-0.25, -0.2) is 4.98 Å². The molecule has 5 nitrogen and oxygen atoms in total. The topological polar surface area (TPSA) is 70.1 Å². The molecule has 1 unspecified atom stereocenters. The van der Waals surface area contributed by atoms with Gasteiger partial charge in [-0.2, -0.15) is 4.98 Å². The van der Waals surface area contributed by atoms with E-state index in [0.717, 1.165) is 30.8 Å². The van der Waals surface area contributed by atoms with E-state index in [2.05, 4.69) is 27.5 Å². The lowest BCUT2D eigenvalue weighted by Crippen LogP contribution is -2.16. The Balaban J connectivity index is 2.60. The van der Waals surface area contributed by atoms with E-state index in [1.807, 2.05) is 6.92 Å². The zero-order chi connectivity index (χ0) is 12.7. The van der Waals surface area contributed by atoms with Crippen LogP contribution in [0.3, 0.4) is 0 Å². The average molecular weight is 238 g/mol. The Labute approximate surface area is 103 Å². The van der Waals surface area contributed by atoms with Crippen molar-refractivity contribution in [3.8, 4) is 0 Å². The summed E-state index contributed by atoms with van der Waals surface area (Å²) in [4.78, 5) is 8.50. The Morgan fingerprint density at radius 1 is 1.47 bits per heavy atom. The van der Waals surface area contributed by atoms with Crippen LogP contribution in [0.25, 0.3) is 0 Å². The fourth-order valence-corrected chi connectivity index (χ4v) is 1.62. The molecule has 96 valence electrons. The molecule has 0 spiro atoms. The Morgan fingerprint density at radius 3 is 2.82 bits per heavy atom.